The smallest absolute Gasteiger partial charge is 0.224 e. The van der Waals surface area contributed by atoms with Crippen LogP contribution >= 0.6 is 11.6 Å². The number of amides is 1. The third-order valence-corrected chi connectivity index (χ3v) is 3.43. The zero-order valence-electron chi connectivity index (χ0n) is 11.2. The van der Waals surface area contributed by atoms with Gasteiger partial charge in [-0.05, 0) is 31.2 Å². The van der Waals surface area contributed by atoms with Crippen molar-refractivity contribution >= 4 is 17.5 Å². The van der Waals surface area contributed by atoms with Gasteiger partial charge in [0.05, 0.1) is 6.42 Å². The average molecular weight is 268 g/mol. The molecule has 18 heavy (non-hydrogen) atoms. The Morgan fingerprint density at radius 3 is 2.89 bits per heavy atom. The summed E-state index contributed by atoms with van der Waals surface area (Å²) in [5, 5.41) is 2.95. The topological polar surface area (TPSA) is 29.1 Å². The summed E-state index contributed by atoms with van der Waals surface area (Å²) in [6.45, 7) is 4.91. The van der Waals surface area contributed by atoms with Crippen LogP contribution < -0.4 is 5.32 Å². The molecule has 1 amide bonds. The van der Waals surface area contributed by atoms with Gasteiger partial charge >= 0.3 is 0 Å². The quantitative estimate of drug-likeness (QED) is 0.596. The van der Waals surface area contributed by atoms with Crippen LogP contribution in [0.25, 0.3) is 0 Å². The van der Waals surface area contributed by atoms with Gasteiger partial charge in [-0.3, -0.25) is 4.79 Å². The highest BCUT2D eigenvalue weighted by Gasteiger charge is 2.04. The molecule has 0 saturated carbocycles. The maximum Gasteiger partial charge on any atom is 0.224 e. The Kier molecular flexibility index (Phi) is 6.81. The van der Waals surface area contributed by atoms with Gasteiger partial charge in [-0.1, -0.05) is 36.8 Å². The Hall–Kier alpha value is -1.02. The number of aryl methyl sites for hydroxylation is 1. The first-order valence-electron chi connectivity index (χ1n) is 6.50. The minimum atomic E-state index is 0.0964. The maximum atomic E-state index is 11.7. The molecular formula is C15H22ClNO. The third kappa shape index (κ3) is 6.06. The molecule has 1 rings (SSSR count). The lowest BCUT2D eigenvalue weighted by atomic mass is 10.1. The van der Waals surface area contributed by atoms with Crippen molar-refractivity contribution in [2.45, 2.75) is 33.1 Å². The van der Waals surface area contributed by atoms with Crippen molar-refractivity contribution in [2.24, 2.45) is 5.92 Å². The molecule has 1 N–H and O–H groups in total. The van der Waals surface area contributed by atoms with E-state index in [1.165, 1.54) is 5.56 Å². The standard InChI is InChI=1S/C15H22ClNO/c1-12-5-3-7-14(9-12)10-15(18)17-8-4-6-13(2)11-16/h3,5,7,9,13H,4,6,8,10-11H2,1-2H3,(H,17,18). The molecule has 1 atom stereocenters. The second kappa shape index (κ2) is 8.15. The summed E-state index contributed by atoms with van der Waals surface area (Å²) in [4.78, 5) is 11.7. The molecule has 0 radical (unpaired) electrons. The summed E-state index contributed by atoms with van der Waals surface area (Å²) < 4.78 is 0. The van der Waals surface area contributed by atoms with E-state index in [1.807, 2.05) is 25.1 Å². The van der Waals surface area contributed by atoms with E-state index in [1.54, 1.807) is 0 Å². The Bertz CT molecular complexity index is 379. The van der Waals surface area contributed by atoms with Crippen molar-refractivity contribution in [3.8, 4) is 0 Å². The van der Waals surface area contributed by atoms with Gasteiger partial charge in [-0.15, -0.1) is 11.6 Å². The van der Waals surface area contributed by atoms with E-state index in [2.05, 4.69) is 18.3 Å². The van der Waals surface area contributed by atoms with Crippen LogP contribution in [-0.4, -0.2) is 18.3 Å². The predicted octanol–water partition coefficient (Wildman–Crippen LogP) is 3.31. The lowest BCUT2D eigenvalue weighted by Gasteiger charge is -2.08. The highest BCUT2D eigenvalue weighted by atomic mass is 35.5. The zero-order valence-corrected chi connectivity index (χ0v) is 12.0. The Balaban J connectivity index is 2.22. The second-order valence-corrected chi connectivity index (χ2v) is 5.23. The fourth-order valence-electron chi connectivity index (χ4n) is 1.83. The van der Waals surface area contributed by atoms with Crippen LogP contribution in [-0.2, 0) is 11.2 Å². The van der Waals surface area contributed by atoms with E-state index in [-0.39, 0.29) is 5.91 Å². The number of benzene rings is 1. The highest BCUT2D eigenvalue weighted by Crippen LogP contribution is 2.07. The van der Waals surface area contributed by atoms with Gasteiger partial charge in [0, 0.05) is 12.4 Å². The molecule has 3 heteroatoms. The van der Waals surface area contributed by atoms with E-state index in [0.29, 0.717) is 18.2 Å². The van der Waals surface area contributed by atoms with Crippen molar-refractivity contribution in [1.29, 1.82) is 0 Å². The summed E-state index contributed by atoms with van der Waals surface area (Å²) in [6, 6.07) is 8.06. The second-order valence-electron chi connectivity index (χ2n) is 4.92. The van der Waals surface area contributed by atoms with Crippen LogP contribution in [0.15, 0.2) is 24.3 Å². The van der Waals surface area contributed by atoms with E-state index in [0.717, 1.165) is 24.9 Å². The van der Waals surface area contributed by atoms with Gasteiger partial charge in [0.2, 0.25) is 5.91 Å². The first-order valence-corrected chi connectivity index (χ1v) is 7.03. The number of nitrogens with one attached hydrogen (secondary N) is 1. The summed E-state index contributed by atoms with van der Waals surface area (Å²) >= 11 is 5.73. The number of alkyl halides is 1. The molecule has 100 valence electrons. The van der Waals surface area contributed by atoms with E-state index in [4.69, 9.17) is 11.6 Å². The molecular weight excluding hydrogens is 246 g/mol. The van der Waals surface area contributed by atoms with Gasteiger partial charge in [-0.25, -0.2) is 0 Å². The third-order valence-electron chi connectivity index (χ3n) is 2.91. The Morgan fingerprint density at radius 1 is 1.44 bits per heavy atom. The molecule has 0 heterocycles. The van der Waals surface area contributed by atoms with Crippen LogP contribution in [0.1, 0.15) is 30.9 Å². The van der Waals surface area contributed by atoms with E-state index in [9.17, 15) is 4.79 Å². The van der Waals surface area contributed by atoms with Gasteiger partial charge in [-0.2, -0.15) is 0 Å². The number of hydrogen-bond acceptors (Lipinski definition) is 1. The summed E-state index contributed by atoms with van der Waals surface area (Å²) in [6.07, 6.45) is 2.52. The van der Waals surface area contributed by atoms with Crippen molar-refractivity contribution < 1.29 is 4.79 Å². The minimum absolute atomic E-state index is 0.0964. The number of carbonyl (C=O) groups excluding carboxylic acids is 1. The molecule has 0 aromatic heterocycles. The van der Waals surface area contributed by atoms with E-state index < -0.39 is 0 Å². The maximum absolute atomic E-state index is 11.7. The van der Waals surface area contributed by atoms with Crippen LogP contribution in [0.3, 0.4) is 0 Å². The van der Waals surface area contributed by atoms with E-state index >= 15 is 0 Å². The van der Waals surface area contributed by atoms with Crippen LogP contribution in [0.4, 0.5) is 0 Å². The average Bonchev–Trinajstić information content (AvgIpc) is 2.34. The molecule has 1 aromatic carbocycles. The molecule has 0 aliphatic heterocycles. The SMILES string of the molecule is Cc1cccc(CC(=O)NCCCC(C)CCl)c1. The molecule has 0 spiro atoms. The van der Waals surface area contributed by atoms with Gasteiger partial charge in [0.25, 0.3) is 0 Å². The summed E-state index contributed by atoms with van der Waals surface area (Å²) in [5.41, 5.74) is 2.26. The van der Waals surface area contributed by atoms with Crippen molar-refractivity contribution in [2.75, 3.05) is 12.4 Å². The van der Waals surface area contributed by atoms with Crippen LogP contribution in [0.5, 0.6) is 0 Å². The lowest BCUT2D eigenvalue weighted by molar-refractivity contribution is -0.120. The van der Waals surface area contributed by atoms with Crippen molar-refractivity contribution in [1.82, 2.24) is 5.32 Å². The first-order chi connectivity index (χ1) is 8.61. The summed E-state index contributed by atoms with van der Waals surface area (Å²) in [7, 11) is 0. The Labute approximate surface area is 115 Å². The van der Waals surface area contributed by atoms with Gasteiger partial charge in [0.1, 0.15) is 0 Å². The minimum Gasteiger partial charge on any atom is -0.356 e. The van der Waals surface area contributed by atoms with Crippen LogP contribution in [0.2, 0.25) is 0 Å². The molecule has 0 bridgehead atoms. The number of carbonyl (C=O) groups is 1. The molecule has 0 aliphatic rings. The number of halogens is 1. The highest BCUT2D eigenvalue weighted by molar-refractivity contribution is 6.18. The van der Waals surface area contributed by atoms with Gasteiger partial charge < -0.3 is 5.32 Å². The zero-order chi connectivity index (χ0) is 13.4. The molecule has 0 fully saturated rings. The monoisotopic (exact) mass is 267 g/mol. The fourth-order valence-corrected chi connectivity index (χ4v) is 1.98. The van der Waals surface area contributed by atoms with Gasteiger partial charge in [0.15, 0.2) is 0 Å². The fraction of sp³-hybridized carbons (Fsp3) is 0.533. The largest absolute Gasteiger partial charge is 0.356 e. The molecule has 2 nitrogen and oxygen atoms in total. The lowest BCUT2D eigenvalue weighted by Crippen LogP contribution is -2.26. The summed E-state index contributed by atoms with van der Waals surface area (Å²) in [5.74, 6) is 1.32. The predicted molar refractivity (Wildman–Crippen MR) is 77.0 cm³/mol. The molecule has 1 unspecified atom stereocenters. The number of hydrogen-bond donors (Lipinski definition) is 1. The van der Waals surface area contributed by atoms with Crippen molar-refractivity contribution in [3.05, 3.63) is 35.4 Å². The number of rotatable bonds is 7. The first kappa shape index (κ1) is 15.0. The molecule has 0 saturated heterocycles. The normalized spacial score (nSPS) is 12.2. The van der Waals surface area contributed by atoms with Crippen LogP contribution in [0, 0.1) is 12.8 Å². The van der Waals surface area contributed by atoms with Crippen molar-refractivity contribution in [3.63, 3.8) is 0 Å². The molecule has 1 aromatic rings. The Morgan fingerprint density at radius 2 is 2.22 bits per heavy atom. The molecule has 0 aliphatic carbocycles.